The van der Waals surface area contributed by atoms with Crippen molar-refractivity contribution in [3.8, 4) is 0 Å². The number of aryl methyl sites for hydroxylation is 4. The van der Waals surface area contributed by atoms with Crippen molar-refractivity contribution in [2.45, 2.75) is 40.2 Å². The molecule has 0 aliphatic carbocycles. The lowest BCUT2D eigenvalue weighted by Crippen LogP contribution is -2.35. The van der Waals surface area contributed by atoms with Gasteiger partial charge in [0.2, 0.25) is 5.91 Å². The van der Waals surface area contributed by atoms with E-state index in [-0.39, 0.29) is 18.2 Å². The number of carbonyl (C=O) groups is 2. The number of nitrogens with one attached hydrogen (secondary N) is 1. The fraction of sp³-hybridized carbons (Fsp3) is 0.300. The van der Waals surface area contributed by atoms with Gasteiger partial charge in [-0.2, -0.15) is 0 Å². The maximum absolute atomic E-state index is 12.8. The van der Waals surface area contributed by atoms with Crippen LogP contribution in [0.15, 0.2) is 36.4 Å². The summed E-state index contributed by atoms with van der Waals surface area (Å²) >= 11 is 0. The van der Waals surface area contributed by atoms with E-state index >= 15 is 0 Å². The first-order chi connectivity index (χ1) is 11.4. The molecular formula is C20H22N2O2. The number of imide groups is 1. The molecule has 0 spiro atoms. The highest BCUT2D eigenvalue weighted by Gasteiger charge is 2.40. The second-order valence-electron chi connectivity index (χ2n) is 6.59. The summed E-state index contributed by atoms with van der Waals surface area (Å²) in [6.45, 7) is 7.89. The number of rotatable bonds is 3. The molecule has 1 fully saturated rings. The average Bonchev–Trinajstić information content (AvgIpc) is 2.74. The molecular weight excluding hydrogens is 300 g/mol. The summed E-state index contributed by atoms with van der Waals surface area (Å²) in [5.74, 6) is -0.336. The highest BCUT2D eigenvalue weighted by molar-refractivity contribution is 6.23. The van der Waals surface area contributed by atoms with Gasteiger partial charge < -0.3 is 5.32 Å². The molecule has 4 heteroatoms. The van der Waals surface area contributed by atoms with Gasteiger partial charge in [-0.15, -0.1) is 0 Å². The number of nitrogens with zero attached hydrogens (tertiary/aromatic N) is 1. The second-order valence-corrected chi connectivity index (χ2v) is 6.59. The zero-order valence-corrected chi connectivity index (χ0v) is 14.5. The first-order valence-electron chi connectivity index (χ1n) is 8.14. The van der Waals surface area contributed by atoms with Gasteiger partial charge in [0.05, 0.1) is 12.1 Å². The Balaban J connectivity index is 1.90. The molecule has 2 amide bonds. The third kappa shape index (κ3) is 2.92. The summed E-state index contributed by atoms with van der Waals surface area (Å²) < 4.78 is 0. The molecule has 1 aliphatic heterocycles. The van der Waals surface area contributed by atoms with Gasteiger partial charge in [0, 0.05) is 5.69 Å². The summed E-state index contributed by atoms with van der Waals surface area (Å²) in [5.41, 5.74) is 5.72. The van der Waals surface area contributed by atoms with Crippen LogP contribution in [0.3, 0.4) is 0 Å². The minimum absolute atomic E-state index is 0.153. The number of hydrogen-bond donors (Lipinski definition) is 1. The summed E-state index contributed by atoms with van der Waals surface area (Å²) in [4.78, 5) is 26.7. The summed E-state index contributed by atoms with van der Waals surface area (Å²) in [5, 5.41) is 3.20. The van der Waals surface area contributed by atoms with Crippen LogP contribution in [-0.4, -0.2) is 17.9 Å². The number of hydrogen-bond acceptors (Lipinski definition) is 3. The molecule has 1 atom stereocenters. The molecule has 4 nitrogen and oxygen atoms in total. The predicted octanol–water partition coefficient (Wildman–Crippen LogP) is 3.66. The third-order valence-electron chi connectivity index (χ3n) is 4.36. The van der Waals surface area contributed by atoms with E-state index < -0.39 is 6.04 Å². The maximum atomic E-state index is 12.8. The molecule has 1 unspecified atom stereocenters. The van der Waals surface area contributed by atoms with Crippen molar-refractivity contribution in [1.29, 1.82) is 0 Å². The fourth-order valence-electron chi connectivity index (χ4n) is 3.44. The van der Waals surface area contributed by atoms with Gasteiger partial charge in [-0.05, 0) is 56.5 Å². The lowest BCUT2D eigenvalue weighted by molar-refractivity contribution is -0.121. The van der Waals surface area contributed by atoms with Crippen LogP contribution in [0.5, 0.6) is 0 Å². The predicted molar refractivity (Wildman–Crippen MR) is 96.4 cm³/mol. The van der Waals surface area contributed by atoms with E-state index in [9.17, 15) is 9.59 Å². The van der Waals surface area contributed by atoms with Crippen molar-refractivity contribution in [2.75, 3.05) is 10.2 Å². The zero-order chi connectivity index (χ0) is 17.4. The van der Waals surface area contributed by atoms with Crippen LogP contribution in [0.1, 0.15) is 28.7 Å². The van der Waals surface area contributed by atoms with Crippen molar-refractivity contribution in [2.24, 2.45) is 0 Å². The molecule has 0 bridgehead atoms. The van der Waals surface area contributed by atoms with Crippen LogP contribution < -0.4 is 10.2 Å². The van der Waals surface area contributed by atoms with Gasteiger partial charge in [0.25, 0.3) is 5.91 Å². The number of anilines is 2. The van der Waals surface area contributed by atoms with E-state index in [4.69, 9.17) is 0 Å². The Morgan fingerprint density at radius 1 is 0.958 bits per heavy atom. The van der Waals surface area contributed by atoms with Crippen LogP contribution in [0.25, 0.3) is 0 Å². The smallest absolute Gasteiger partial charge is 0.256 e. The Morgan fingerprint density at radius 2 is 1.62 bits per heavy atom. The largest absolute Gasteiger partial charge is 0.373 e. The van der Waals surface area contributed by atoms with Gasteiger partial charge in [0.1, 0.15) is 6.04 Å². The van der Waals surface area contributed by atoms with E-state index in [2.05, 4.69) is 5.32 Å². The van der Waals surface area contributed by atoms with Gasteiger partial charge in [-0.3, -0.25) is 9.59 Å². The normalized spacial score (nSPS) is 17.5. The molecule has 1 aliphatic rings. The summed E-state index contributed by atoms with van der Waals surface area (Å²) in [6, 6.07) is 11.3. The maximum Gasteiger partial charge on any atom is 0.256 e. The van der Waals surface area contributed by atoms with Crippen molar-refractivity contribution < 1.29 is 9.59 Å². The quantitative estimate of drug-likeness (QED) is 0.877. The van der Waals surface area contributed by atoms with Crippen LogP contribution in [-0.2, 0) is 9.59 Å². The van der Waals surface area contributed by atoms with E-state index in [0.29, 0.717) is 0 Å². The van der Waals surface area contributed by atoms with Gasteiger partial charge in [0.15, 0.2) is 0 Å². The molecule has 124 valence electrons. The molecule has 24 heavy (non-hydrogen) atoms. The van der Waals surface area contributed by atoms with Gasteiger partial charge in [-0.25, -0.2) is 4.90 Å². The zero-order valence-electron chi connectivity index (χ0n) is 14.5. The molecule has 1 heterocycles. The number of benzene rings is 2. The first kappa shape index (κ1) is 16.2. The Labute approximate surface area is 142 Å². The molecule has 1 saturated heterocycles. The summed E-state index contributed by atoms with van der Waals surface area (Å²) in [7, 11) is 0. The molecule has 2 aromatic rings. The minimum Gasteiger partial charge on any atom is -0.373 e. The average molecular weight is 322 g/mol. The van der Waals surface area contributed by atoms with E-state index in [0.717, 1.165) is 33.6 Å². The van der Waals surface area contributed by atoms with Crippen molar-refractivity contribution >= 4 is 23.2 Å². The van der Waals surface area contributed by atoms with Crippen molar-refractivity contribution in [3.63, 3.8) is 0 Å². The van der Waals surface area contributed by atoms with Crippen molar-refractivity contribution in [1.82, 2.24) is 0 Å². The number of carbonyl (C=O) groups excluding carboxylic acids is 2. The summed E-state index contributed by atoms with van der Waals surface area (Å²) in [6.07, 6.45) is 0.180. The lowest BCUT2D eigenvalue weighted by atomic mass is 10.0. The topological polar surface area (TPSA) is 49.4 Å². The SMILES string of the molecule is Cc1cccc(NC2CC(=O)N(c3c(C)cc(C)cc3C)C2=O)c1. The minimum atomic E-state index is -0.514. The molecule has 0 radical (unpaired) electrons. The monoisotopic (exact) mass is 322 g/mol. The molecule has 1 N–H and O–H groups in total. The fourth-order valence-corrected chi connectivity index (χ4v) is 3.44. The highest BCUT2D eigenvalue weighted by Crippen LogP contribution is 2.31. The molecule has 0 aromatic heterocycles. The van der Waals surface area contributed by atoms with Crippen LogP contribution >= 0.6 is 0 Å². The van der Waals surface area contributed by atoms with Crippen molar-refractivity contribution in [3.05, 3.63) is 58.7 Å². The Hall–Kier alpha value is -2.62. The van der Waals surface area contributed by atoms with Gasteiger partial charge >= 0.3 is 0 Å². The van der Waals surface area contributed by atoms with E-state index in [1.165, 1.54) is 4.90 Å². The second kappa shape index (κ2) is 6.11. The van der Waals surface area contributed by atoms with Crippen LogP contribution in [0.2, 0.25) is 0 Å². The molecule has 0 saturated carbocycles. The van der Waals surface area contributed by atoms with Crippen LogP contribution in [0, 0.1) is 27.7 Å². The lowest BCUT2D eigenvalue weighted by Gasteiger charge is -2.21. The highest BCUT2D eigenvalue weighted by atomic mass is 16.2. The van der Waals surface area contributed by atoms with Crippen LogP contribution in [0.4, 0.5) is 11.4 Å². The molecule has 2 aromatic carbocycles. The Bertz CT molecular complexity index is 803. The Morgan fingerprint density at radius 3 is 2.25 bits per heavy atom. The Kier molecular flexibility index (Phi) is 4.14. The van der Waals surface area contributed by atoms with E-state index in [1.54, 1.807) is 0 Å². The third-order valence-corrected chi connectivity index (χ3v) is 4.36. The standard InChI is InChI=1S/C20H22N2O2/c1-12-6-5-7-16(10-12)21-17-11-18(23)22(20(17)24)19-14(3)8-13(2)9-15(19)4/h5-10,17,21H,11H2,1-4H3. The van der Waals surface area contributed by atoms with E-state index in [1.807, 2.05) is 64.1 Å². The molecule has 3 rings (SSSR count). The number of amides is 2. The first-order valence-corrected chi connectivity index (χ1v) is 8.14. The van der Waals surface area contributed by atoms with Gasteiger partial charge in [-0.1, -0.05) is 29.8 Å².